The molecule has 1 heterocycles. The normalized spacial score (nSPS) is 11.6. The molecule has 0 saturated heterocycles. The van der Waals surface area contributed by atoms with E-state index >= 15 is 0 Å². The third kappa shape index (κ3) is 1.76. The van der Waals surface area contributed by atoms with Crippen LogP contribution in [0.5, 0.6) is 0 Å². The summed E-state index contributed by atoms with van der Waals surface area (Å²) in [5.74, 6) is 0.387. The zero-order chi connectivity index (χ0) is 10.9. The molecule has 3 heteroatoms. The first kappa shape index (κ1) is 11.1. The van der Waals surface area contributed by atoms with Gasteiger partial charge in [0.15, 0.2) is 0 Å². The Bertz CT molecular complexity index is 358. The Morgan fingerprint density at radius 1 is 1.29 bits per heavy atom. The summed E-state index contributed by atoms with van der Waals surface area (Å²) >= 11 is 0. The highest BCUT2D eigenvalue weighted by molar-refractivity contribution is 5.20. The van der Waals surface area contributed by atoms with Crippen molar-refractivity contribution in [3.8, 4) is 0 Å². The molecule has 3 nitrogen and oxygen atoms in total. The first-order valence-corrected chi connectivity index (χ1v) is 5.32. The SMILES string of the molecule is CCc1c(C(C)C)[nH]n(C(C)C)c1=O. The lowest BCUT2D eigenvalue weighted by Crippen LogP contribution is -2.20. The summed E-state index contributed by atoms with van der Waals surface area (Å²) in [7, 11) is 0. The van der Waals surface area contributed by atoms with Crippen LogP contribution in [0.15, 0.2) is 4.79 Å². The molecule has 0 amide bonds. The van der Waals surface area contributed by atoms with Crippen molar-refractivity contribution < 1.29 is 0 Å². The van der Waals surface area contributed by atoms with Gasteiger partial charge in [0.05, 0.1) is 0 Å². The largest absolute Gasteiger partial charge is 0.299 e. The first-order valence-electron chi connectivity index (χ1n) is 5.32. The fraction of sp³-hybridized carbons (Fsp3) is 0.727. The van der Waals surface area contributed by atoms with Gasteiger partial charge < -0.3 is 0 Å². The Morgan fingerprint density at radius 2 is 1.86 bits per heavy atom. The second-order valence-electron chi connectivity index (χ2n) is 4.28. The van der Waals surface area contributed by atoms with Gasteiger partial charge >= 0.3 is 0 Å². The van der Waals surface area contributed by atoms with E-state index in [4.69, 9.17) is 0 Å². The van der Waals surface area contributed by atoms with Gasteiger partial charge in [0.1, 0.15) is 0 Å². The number of hydrogen-bond acceptors (Lipinski definition) is 1. The topological polar surface area (TPSA) is 37.8 Å². The minimum atomic E-state index is 0.145. The molecule has 0 saturated carbocycles. The van der Waals surface area contributed by atoms with Crippen molar-refractivity contribution in [3.05, 3.63) is 21.6 Å². The van der Waals surface area contributed by atoms with Gasteiger partial charge in [-0.15, -0.1) is 0 Å². The van der Waals surface area contributed by atoms with E-state index in [9.17, 15) is 4.79 Å². The van der Waals surface area contributed by atoms with Gasteiger partial charge in [-0.1, -0.05) is 20.8 Å². The number of nitrogens with zero attached hydrogens (tertiary/aromatic N) is 1. The molecule has 0 aliphatic rings. The monoisotopic (exact) mass is 196 g/mol. The minimum absolute atomic E-state index is 0.145. The summed E-state index contributed by atoms with van der Waals surface area (Å²) < 4.78 is 1.72. The number of aromatic amines is 1. The summed E-state index contributed by atoms with van der Waals surface area (Å²) in [5.41, 5.74) is 2.17. The molecule has 0 aliphatic carbocycles. The van der Waals surface area contributed by atoms with Gasteiger partial charge in [0.2, 0.25) is 0 Å². The molecule has 80 valence electrons. The van der Waals surface area contributed by atoms with Crippen molar-refractivity contribution in [2.45, 2.75) is 53.0 Å². The van der Waals surface area contributed by atoms with Crippen LogP contribution in [-0.2, 0) is 6.42 Å². The lowest BCUT2D eigenvalue weighted by molar-refractivity contribution is 0.508. The molecule has 1 rings (SSSR count). The first-order chi connectivity index (χ1) is 6.49. The number of nitrogens with one attached hydrogen (secondary N) is 1. The molecule has 0 atom stereocenters. The Kier molecular flexibility index (Phi) is 3.19. The third-order valence-electron chi connectivity index (χ3n) is 2.49. The maximum atomic E-state index is 11.9. The Balaban J connectivity index is 3.32. The molecule has 0 aliphatic heterocycles. The van der Waals surface area contributed by atoms with Gasteiger partial charge in [-0.25, -0.2) is 0 Å². The lowest BCUT2D eigenvalue weighted by atomic mass is 10.0. The highest BCUT2D eigenvalue weighted by Crippen LogP contribution is 2.16. The van der Waals surface area contributed by atoms with Crippen LogP contribution in [0.25, 0.3) is 0 Å². The van der Waals surface area contributed by atoms with Gasteiger partial charge in [0, 0.05) is 17.3 Å². The van der Waals surface area contributed by atoms with Crippen molar-refractivity contribution in [3.63, 3.8) is 0 Å². The van der Waals surface area contributed by atoms with E-state index in [1.807, 2.05) is 20.8 Å². The predicted octanol–water partition coefficient (Wildman–Crippen LogP) is 2.44. The Hall–Kier alpha value is -0.990. The highest BCUT2D eigenvalue weighted by Gasteiger charge is 2.15. The predicted molar refractivity (Wildman–Crippen MR) is 58.9 cm³/mol. The standard InChI is InChI=1S/C11H20N2O/c1-6-9-10(7(2)3)12-13(8(4)5)11(9)14/h7-8,12H,6H2,1-5H3. The smallest absolute Gasteiger partial charge is 0.270 e. The minimum Gasteiger partial charge on any atom is -0.299 e. The van der Waals surface area contributed by atoms with E-state index in [0.717, 1.165) is 17.7 Å². The molecule has 0 fully saturated rings. The van der Waals surface area contributed by atoms with Crippen LogP contribution in [0.4, 0.5) is 0 Å². The molecule has 1 aromatic heterocycles. The molecule has 0 unspecified atom stereocenters. The van der Waals surface area contributed by atoms with Crippen molar-refractivity contribution in [1.82, 2.24) is 9.78 Å². The van der Waals surface area contributed by atoms with E-state index in [0.29, 0.717) is 5.92 Å². The van der Waals surface area contributed by atoms with Gasteiger partial charge in [-0.05, 0) is 26.2 Å². The zero-order valence-electron chi connectivity index (χ0n) is 9.72. The molecule has 0 spiro atoms. The molecule has 0 aromatic carbocycles. The van der Waals surface area contributed by atoms with Crippen LogP contribution >= 0.6 is 0 Å². The van der Waals surface area contributed by atoms with Gasteiger partial charge in [0.25, 0.3) is 5.56 Å². The van der Waals surface area contributed by atoms with Crippen LogP contribution in [0.2, 0.25) is 0 Å². The summed E-state index contributed by atoms with van der Waals surface area (Å²) in [6.45, 7) is 10.3. The zero-order valence-corrected chi connectivity index (χ0v) is 9.72. The van der Waals surface area contributed by atoms with Crippen molar-refractivity contribution >= 4 is 0 Å². The fourth-order valence-electron chi connectivity index (χ4n) is 1.69. The van der Waals surface area contributed by atoms with Crippen LogP contribution in [-0.4, -0.2) is 9.78 Å². The average molecular weight is 196 g/mol. The van der Waals surface area contributed by atoms with E-state index in [1.165, 1.54) is 0 Å². The van der Waals surface area contributed by atoms with Gasteiger partial charge in [-0.3, -0.25) is 14.6 Å². The molecular formula is C11H20N2O. The van der Waals surface area contributed by atoms with Crippen molar-refractivity contribution in [1.29, 1.82) is 0 Å². The van der Waals surface area contributed by atoms with Crippen LogP contribution in [0.1, 0.15) is 57.8 Å². The number of hydrogen-bond donors (Lipinski definition) is 1. The highest BCUT2D eigenvalue weighted by atomic mass is 16.1. The summed E-state index contributed by atoms with van der Waals surface area (Å²) in [6.07, 6.45) is 0.808. The van der Waals surface area contributed by atoms with E-state index < -0.39 is 0 Å². The van der Waals surface area contributed by atoms with E-state index in [2.05, 4.69) is 18.9 Å². The number of aromatic nitrogens is 2. The molecule has 0 bridgehead atoms. The number of rotatable bonds is 3. The second-order valence-corrected chi connectivity index (χ2v) is 4.28. The van der Waals surface area contributed by atoms with E-state index in [1.54, 1.807) is 4.68 Å². The maximum Gasteiger partial charge on any atom is 0.270 e. The lowest BCUT2D eigenvalue weighted by Gasteiger charge is -2.06. The fourth-order valence-corrected chi connectivity index (χ4v) is 1.69. The van der Waals surface area contributed by atoms with Crippen LogP contribution < -0.4 is 5.56 Å². The van der Waals surface area contributed by atoms with Gasteiger partial charge in [-0.2, -0.15) is 0 Å². The quantitative estimate of drug-likeness (QED) is 0.792. The Labute approximate surface area is 85.1 Å². The summed E-state index contributed by atoms with van der Waals surface area (Å²) in [5, 5.41) is 3.20. The van der Waals surface area contributed by atoms with Crippen LogP contribution in [0, 0.1) is 0 Å². The van der Waals surface area contributed by atoms with Crippen LogP contribution in [0.3, 0.4) is 0 Å². The second kappa shape index (κ2) is 4.03. The van der Waals surface area contributed by atoms with E-state index in [-0.39, 0.29) is 11.6 Å². The molecule has 0 radical (unpaired) electrons. The van der Waals surface area contributed by atoms with Crippen molar-refractivity contribution in [2.24, 2.45) is 0 Å². The summed E-state index contributed by atoms with van der Waals surface area (Å²) in [6, 6.07) is 0.209. The Morgan fingerprint density at radius 3 is 2.14 bits per heavy atom. The number of H-pyrrole nitrogens is 1. The third-order valence-corrected chi connectivity index (χ3v) is 2.49. The average Bonchev–Trinajstić information content (AvgIpc) is 2.42. The molecule has 1 aromatic rings. The molecular weight excluding hydrogens is 176 g/mol. The van der Waals surface area contributed by atoms with Crippen molar-refractivity contribution in [2.75, 3.05) is 0 Å². The summed E-state index contributed by atoms with van der Waals surface area (Å²) in [4.78, 5) is 11.9. The molecule has 14 heavy (non-hydrogen) atoms. The maximum absolute atomic E-state index is 11.9. The molecule has 1 N–H and O–H groups in total.